The number of nitrogens with zero attached hydrogens (tertiary/aromatic N) is 1. The van der Waals surface area contributed by atoms with Crippen molar-refractivity contribution in [2.45, 2.75) is 52.1 Å². The van der Waals surface area contributed by atoms with Crippen LogP contribution in [0, 0.1) is 5.92 Å². The minimum absolute atomic E-state index is 0.0466. The molecule has 1 unspecified atom stereocenters. The van der Waals surface area contributed by atoms with Gasteiger partial charge in [0.25, 0.3) is 0 Å². The average molecular weight is 255 g/mol. The molecule has 0 saturated carbocycles. The van der Waals surface area contributed by atoms with Crippen LogP contribution in [0.15, 0.2) is 0 Å². The Morgan fingerprint density at radius 3 is 2.67 bits per heavy atom. The minimum atomic E-state index is -0.466. The second-order valence-corrected chi connectivity index (χ2v) is 5.26. The Bertz CT molecular complexity index is 307. The van der Waals surface area contributed by atoms with E-state index in [-0.39, 0.29) is 23.8 Å². The van der Waals surface area contributed by atoms with E-state index in [2.05, 4.69) is 5.32 Å². The zero-order valence-corrected chi connectivity index (χ0v) is 11.6. The average Bonchev–Trinajstić information content (AvgIpc) is 2.72. The summed E-state index contributed by atoms with van der Waals surface area (Å²) < 4.78 is 0. The molecule has 1 aliphatic heterocycles. The maximum Gasteiger partial charge on any atom is 0.237 e. The van der Waals surface area contributed by atoms with Crippen molar-refractivity contribution in [2.75, 3.05) is 13.1 Å². The number of carbonyl (C=O) groups is 2. The van der Waals surface area contributed by atoms with Gasteiger partial charge in [0.1, 0.15) is 0 Å². The molecule has 2 amide bonds. The van der Waals surface area contributed by atoms with Crippen LogP contribution >= 0.6 is 0 Å². The van der Waals surface area contributed by atoms with Gasteiger partial charge >= 0.3 is 0 Å². The Kier molecular flexibility index (Phi) is 5.59. The highest BCUT2D eigenvalue weighted by Crippen LogP contribution is 2.10. The van der Waals surface area contributed by atoms with Crippen molar-refractivity contribution >= 4 is 11.8 Å². The third-order valence-electron chi connectivity index (χ3n) is 3.61. The molecule has 3 atom stereocenters. The van der Waals surface area contributed by atoms with E-state index < -0.39 is 6.04 Å². The Morgan fingerprint density at radius 1 is 1.50 bits per heavy atom. The first-order valence-corrected chi connectivity index (χ1v) is 6.79. The fourth-order valence-corrected chi connectivity index (χ4v) is 2.12. The summed E-state index contributed by atoms with van der Waals surface area (Å²) in [6.45, 7) is 7.28. The molecular weight excluding hydrogens is 230 g/mol. The van der Waals surface area contributed by atoms with E-state index in [4.69, 9.17) is 5.73 Å². The van der Waals surface area contributed by atoms with E-state index in [1.807, 2.05) is 20.8 Å². The monoisotopic (exact) mass is 255 g/mol. The number of nitrogens with two attached hydrogens (primary N) is 1. The fraction of sp³-hybridized carbons (Fsp3) is 0.846. The summed E-state index contributed by atoms with van der Waals surface area (Å²) >= 11 is 0. The Morgan fingerprint density at radius 2 is 2.17 bits per heavy atom. The molecule has 1 rings (SSSR count). The second kappa shape index (κ2) is 6.73. The number of amides is 2. The molecule has 1 aliphatic rings. The van der Waals surface area contributed by atoms with E-state index in [1.54, 1.807) is 4.90 Å². The van der Waals surface area contributed by atoms with Crippen LogP contribution in [0.3, 0.4) is 0 Å². The van der Waals surface area contributed by atoms with Gasteiger partial charge in [0.2, 0.25) is 11.8 Å². The Labute approximate surface area is 109 Å². The first-order chi connectivity index (χ1) is 8.45. The molecule has 1 saturated heterocycles. The summed E-state index contributed by atoms with van der Waals surface area (Å²) in [5.74, 6) is 0.233. The lowest BCUT2D eigenvalue weighted by molar-refractivity contribution is -0.129. The lowest BCUT2D eigenvalue weighted by Gasteiger charge is -2.24. The third kappa shape index (κ3) is 3.98. The molecule has 0 aromatic rings. The van der Waals surface area contributed by atoms with Gasteiger partial charge in [-0.3, -0.25) is 9.59 Å². The summed E-state index contributed by atoms with van der Waals surface area (Å²) in [7, 11) is 0. The van der Waals surface area contributed by atoms with Crippen molar-refractivity contribution in [2.24, 2.45) is 11.7 Å². The van der Waals surface area contributed by atoms with Gasteiger partial charge in [-0.05, 0) is 19.3 Å². The van der Waals surface area contributed by atoms with Gasteiger partial charge in [0, 0.05) is 25.6 Å². The van der Waals surface area contributed by atoms with Crippen LogP contribution in [0.25, 0.3) is 0 Å². The van der Waals surface area contributed by atoms with Gasteiger partial charge in [-0.1, -0.05) is 20.3 Å². The molecule has 0 radical (unpaired) electrons. The quantitative estimate of drug-likeness (QED) is 0.725. The van der Waals surface area contributed by atoms with Crippen LogP contribution in [0.2, 0.25) is 0 Å². The minimum Gasteiger partial charge on any atom is -0.351 e. The van der Waals surface area contributed by atoms with E-state index in [1.165, 1.54) is 0 Å². The van der Waals surface area contributed by atoms with Crippen molar-refractivity contribution in [3.8, 4) is 0 Å². The molecule has 5 heteroatoms. The van der Waals surface area contributed by atoms with Crippen molar-refractivity contribution in [3.63, 3.8) is 0 Å². The molecule has 0 bridgehead atoms. The second-order valence-electron chi connectivity index (χ2n) is 5.26. The van der Waals surface area contributed by atoms with Gasteiger partial charge in [-0.2, -0.15) is 0 Å². The predicted octanol–water partition coefficient (Wildman–Crippen LogP) is 0.487. The van der Waals surface area contributed by atoms with Crippen molar-refractivity contribution in [3.05, 3.63) is 0 Å². The molecule has 3 N–H and O–H groups in total. The molecule has 1 fully saturated rings. The van der Waals surface area contributed by atoms with Crippen LogP contribution in [-0.4, -0.2) is 41.9 Å². The van der Waals surface area contributed by atoms with Crippen molar-refractivity contribution in [1.29, 1.82) is 0 Å². The maximum atomic E-state index is 11.9. The fourth-order valence-electron chi connectivity index (χ4n) is 2.12. The van der Waals surface area contributed by atoms with Gasteiger partial charge in [-0.25, -0.2) is 0 Å². The molecular formula is C13H25N3O2. The molecule has 0 aliphatic carbocycles. The highest BCUT2D eigenvalue weighted by Gasteiger charge is 2.24. The number of likely N-dealkylation sites (tertiary alicyclic amines) is 1. The summed E-state index contributed by atoms with van der Waals surface area (Å²) in [5, 5.41) is 2.88. The van der Waals surface area contributed by atoms with Gasteiger partial charge in [0.05, 0.1) is 6.04 Å². The number of carbonyl (C=O) groups excluding carboxylic acids is 2. The molecule has 104 valence electrons. The van der Waals surface area contributed by atoms with E-state index in [0.29, 0.717) is 13.0 Å². The topological polar surface area (TPSA) is 75.4 Å². The van der Waals surface area contributed by atoms with Crippen LogP contribution in [0.4, 0.5) is 0 Å². The van der Waals surface area contributed by atoms with Gasteiger partial charge < -0.3 is 16.0 Å². The lowest BCUT2D eigenvalue weighted by Crippen LogP contribution is -2.50. The third-order valence-corrected chi connectivity index (χ3v) is 3.61. The van der Waals surface area contributed by atoms with Crippen LogP contribution in [0.5, 0.6) is 0 Å². The zero-order chi connectivity index (χ0) is 13.7. The lowest BCUT2D eigenvalue weighted by atomic mass is 9.99. The molecule has 18 heavy (non-hydrogen) atoms. The van der Waals surface area contributed by atoms with Gasteiger partial charge in [0.15, 0.2) is 0 Å². The number of rotatable bonds is 6. The molecule has 0 aromatic carbocycles. The normalized spacial score (nSPS) is 20.7. The number of nitrogens with one attached hydrogen (secondary N) is 1. The summed E-state index contributed by atoms with van der Waals surface area (Å²) in [6, 6.07) is -0.513. The van der Waals surface area contributed by atoms with Crippen molar-refractivity contribution < 1.29 is 9.59 Å². The summed E-state index contributed by atoms with van der Waals surface area (Å²) in [4.78, 5) is 25.1. The largest absolute Gasteiger partial charge is 0.351 e. The Hall–Kier alpha value is -1.10. The van der Waals surface area contributed by atoms with E-state index >= 15 is 0 Å². The molecule has 0 spiro atoms. The molecule has 5 nitrogen and oxygen atoms in total. The van der Waals surface area contributed by atoms with Crippen LogP contribution in [-0.2, 0) is 9.59 Å². The number of hydrogen-bond donors (Lipinski definition) is 2. The predicted molar refractivity (Wildman–Crippen MR) is 70.8 cm³/mol. The molecule has 0 aromatic heterocycles. The van der Waals surface area contributed by atoms with Crippen LogP contribution < -0.4 is 11.1 Å². The highest BCUT2D eigenvalue weighted by molar-refractivity contribution is 5.82. The van der Waals surface area contributed by atoms with Crippen molar-refractivity contribution in [1.82, 2.24) is 10.2 Å². The van der Waals surface area contributed by atoms with Gasteiger partial charge in [-0.15, -0.1) is 0 Å². The Balaban J connectivity index is 2.37. The first-order valence-electron chi connectivity index (χ1n) is 6.79. The summed E-state index contributed by atoms with van der Waals surface area (Å²) in [6.07, 6.45) is 2.44. The summed E-state index contributed by atoms with van der Waals surface area (Å²) in [5.41, 5.74) is 5.86. The van der Waals surface area contributed by atoms with E-state index in [9.17, 15) is 9.59 Å². The maximum absolute atomic E-state index is 11.9. The SMILES string of the molecule is CC[C@H](C)[C@H](N)C(=O)NC(C)CN1CCCC1=O. The highest BCUT2D eigenvalue weighted by atomic mass is 16.2. The number of hydrogen-bond acceptors (Lipinski definition) is 3. The zero-order valence-electron chi connectivity index (χ0n) is 11.6. The smallest absolute Gasteiger partial charge is 0.237 e. The van der Waals surface area contributed by atoms with E-state index in [0.717, 1.165) is 19.4 Å². The molecule has 1 heterocycles. The standard InChI is InChI=1S/C13H25N3O2/c1-4-9(2)12(14)13(18)15-10(3)8-16-7-5-6-11(16)17/h9-10,12H,4-8,14H2,1-3H3,(H,15,18)/t9-,10?,12-/m0/s1. The first kappa shape index (κ1) is 15.0. The van der Waals surface area contributed by atoms with Crippen LogP contribution in [0.1, 0.15) is 40.0 Å².